The summed E-state index contributed by atoms with van der Waals surface area (Å²) < 4.78 is 0.852. The van der Waals surface area contributed by atoms with E-state index < -0.39 is 0 Å². The third-order valence-corrected chi connectivity index (χ3v) is 3.65. The van der Waals surface area contributed by atoms with Crippen LogP contribution in [-0.4, -0.2) is 17.4 Å². The third kappa shape index (κ3) is 2.67. The molecule has 0 radical (unpaired) electrons. The van der Waals surface area contributed by atoms with Gasteiger partial charge < -0.3 is 10.2 Å². The van der Waals surface area contributed by atoms with Gasteiger partial charge >= 0.3 is 0 Å². The lowest BCUT2D eigenvalue weighted by Gasteiger charge is -2.28. The molecule has 102 valence electrons. The van der Waals surface area contributed by atoms with E-state index in [2.05, 4.69) is 43.3 Å². The Morgan fingerprint density at radius 3 is 2.85 bits per heavy atom. The Morgan fingerprint density at radius 1 is 1.25 bits per heavy atom. The molecule has 1 aliphatic heterocycles. The molecule has 0 atom stereocenters. The number of fused-ring (bicyclic) bond motifs is 1. The molecule has 0 saturated heterocycles. The summed E-state index contributed by atoms with van der Waals surface area (Å²) in [5, 5.41) is 2.93. The summed E-state index contributed by atoms with van der Waals surface area (Å²) in [7, 11) is 0. The summed E-state index contributed by atoms with van der Waals surface area (Å²) in [5.41, 5.74) is 1.83. The molecule has 20 heavy (non-hydrogen) atoms. The molecule has 2 heterocycles. The molecular weight excluding hydrogens is 318 g/mol. The SMILES string of the molecule is O=C1CCCN(c2ccccc2)c2ncc(Br)cc2N1. The highest BCUT2D eigenvalue weighted by Gasteiger charge is 2.19. The smallest absolute Gasteiger partial charge is 0.224 e. The van der Waals surface area contributed by atoms with Crippen molar-refractivity contribution >= 4 is 39.0 Å². The minimum atomic E-state index is 0.0406. The number of amides is 1. The molecule has 0 aliphatic carbocycles. The maximum Gasteiger partial charge on any atom is 0.224 e. The average molecular weight is 332 g/mol. The summed E-state index contributed by atoms with van der Waals surface area (Å²) in [6.45, 7) is 0.777. The zero-order valence-corrected chi connectivity index (χ0v) is 12.4. The second-order valence-corrected chi connectivity index (χ2v) is 5.58. The van der Waals surface area contributed by atoms with Gasteiger partial charge in [0, 0.05) is 29.3 Å². The molecule has 1 amide bonds. The van der Waals surface area contributed by atoms with Gasteiger partial charge in [0.15, 0.2) is 5.82 Å². The molecule has 0 spiro atoms. The number of nitrogens with one attached hydrogen (secondary N) is 1. The number of carbonyl (C=O) groups excluding carboxylic acids is 1. The predicted molar refractivity (Wildman–Crippen MR) is 83.2 cm³/mol. The Balaban J connectivity index is 2.08. The first-order valence-corrected chi connectivity index (χ1v) is 7.31. The van der Waals surface area contributed by atoms with E-state index in [0.717, 1.165) is 34.6 Å². The van der Waals surface area contributed by atoms with Crippen molar-refractivity contribution in [2.24, 2.45) is 0 Å². The monoisotopic (exact) mass is 331 g/mol. The number of pyridine rings is 1. The Labute approximate surface area is 126 Å². The van der Waals surface area contributed by atoms with Gasteiger partial charge in [-0.15, -0.1) is 0 Å². The van der Waals surface area contributed by atoms with Crippen molar-refractivity contribution in [3.63, 3.8) is 0 Å². The van der Waals surface area contributed by atoms with Crippen molar-refractivity contribution < 1.29 is 4.79 Å². The van der Waals surface area contributed by atoms with E-state index in [9.17, 15) is 4.79 Å². The van der Waals surface area contributed by atoms with Crippen molar-refractivity contribution in [2.45, 2.75) is 12.8 Å². The van der Waals surface area contributed by atoms with E-state index in [1.54, 1.807) is 6.20 Å². The number of halogens is 1. The van der Waals surface area contributed by atoms with Crippen LogP contribution in [0.4, 0.5) is 17.2 Å². The fraction of sp³-hybridized carbons (Fsp3) is 0.200. The van der Waals surface area contributed by atoms with E-state index in [0.29, 0.717) is 6.42 Å². The van der Waals surface area contributed by atoms with Crippen molar-refractivity contribution in [3.05, 3.63) is 47.1 Å². The molecule has 1 aromatic carbocycles. The lowest BCUT2D eigenvalue weighted by molar-refractivity contribution is -0.116. The maximum absolute atomic E-state index is 11.8. The van der Waals surface area contributed by atoms with Gasteiger partial charge in [-0.05, 0) is 40.5 Å². The van der Waals surface area contributed by atoms with E-state index in [1.807, 2.05) is 24.3 Å². The minimum absolute atomic E-state index is 0.0406. The Kier molecular flexibility index (Phi) is 3.69. The fourth-order valence-corrected chi connectivity index (χ4v) is 2.65. The van der Waals surface area contributed by atoms with Crippen LogP contribution in [0.15, 0.2) is 47.1 Å². The molecule has 1 aromatic heterocycles. The first kappa shape index (κ1) is 13.1. The largest absolute Gasteiger partial charge is 0.325 e. The number of aromatic nitrogens is 1. The maximum atomic E-state index is 11.8. The molecule has 2 aromatic rings. The molecule has 1 N–H and O–H groups in total. The van der Waals surface area contributed by atoms with Crippen LogP contribution in [0.25, 0.3) is 0 Å². The van der Waals surface area contributed by atoms with Crippen LogP contribution in [-0.2, 0) is 4.79 Å². The second kappa shape index (κ2) is 5.63. The van der Waals surface area contributed by atoms with Crippen LogP contribution >= 0.6 is 15.9 Å². The molecule has 0 unspecified atom stereocenters. The number of para-hydroxylation sites is 1. The number of hydrogen-bond donors (Lipinski definition) is 1. The minimum Gasteiger partial charge on any atom is -0.325 e. The Hall–Kier alpha value is -1.88. The van der Waals surface area contributed by atoms with Crippen molar-refractivity contribution in [1.29, 1.82) is 0 Å². The van der Waals surface area contributed by atoms with Gasteiger partial charge in [-0.2, -0.15) is 0 Å². The number of hydrogen-bond acceptors (Lipinski definition) is 3. The summed E-state index contributed by atoms with van der Waals surface area (Å²) in [4.78, 5) is 18.4. The zero-order valence-electron chi connectivity index (χ0n) is 10.8. The molecule has 0 saturated carbocycles. The molecule has 0 fully saturated rings. The van der Waals surface area contributed by atoms with E-state index in [4.69, 9.17) is 0 Å². The van der Waals surface area contributed by atoms with Gasteiger partial charge in [0.1, 0.15) is 0 Å². The molecule has 1 aliphatic rings. The number of rotatable bonds is 1. The van der Waals surface area contributed by atoms with E-state index in [1.165, 1.54) is 0 Å². The van der Waals surface area contributed by atoms with E-state index in [-0.39, 0.29) is 5.91 Å². The highest BCUT2D eigenvalue weighted by Crippen LogP contribution is 2.33. The highest BCUT2D eigenvalue weighted by atomic mass is 79.9. The van der Waals surface area contributed by atoms with Crippen molar-refractivity contribution in [3.8, 4) is 0 Å². The van der Waals surface area contributed by atoms with Crippen LogP contribution in [0.5, 0.6) is 0 Å². The first-order chi connectivity index (χ1) is 9.74. The van der Waals surface area contributed by atoms with E-state index >= 15 is 0 Å². The Bertz CT molecular complexity index is 630. The average Bonchev–Trinajstić information content (AvgIpc) is 2.44. The van der Waals surface area contributed by atoms with Crippen LogP contribution in [0.2, 0.25) is 0 Å². The van der Waals surface area contributed by atoms with Gasteiger partial charge in [-0.3, -0.25) is 4.79 Å². The highest BCUT2D eigenvalue weighted by molar-refractivity contribution is 9.10. The predicted octanol–water partition coefficient (Wildman–Crippen LogP) is 3.71. The van der Waals surface area contributed by atoms with Gasteiger partial charge in [0.25, 0.3) is 0 Å². The standard InChI is InChI=1S/C15H14BrN3O/c16-11-9-13-15(17-10-11)19(8-4-7-14(20)18-13)12-5-2-1-3-6-12/h1-3,5-6,9-10H,4,7-8H2,(H,18,20). The normalized spacial score (nSPS) is 15.1. The molecule has 5 heteroatoms. The summed E-state index contributed by atoms with van der Waals surface area (Å²) in [6, 6.07) is 12.0. The second-order valence-electron chi connectivity index (χ2n) is 4.66. The number of nitrogens with zero attached hydrogens (tertiary/aromatic N) is 2. The Morgan fingerprint density at radius 2 is 2.05 bits per heavy atom. The summed E-state index contributed by atoms with van der Waals surface area (Å²) in [6.07, 6.45) is 3.08. The van der Waals surface area contributed by atoms with Crippen LogP contribution in [0.1, 0.15) is 12.8 Å². The summed E-state index contributed by atoms with van der Waals surface area (Å²) >= 11 is 3.40. The lowest BCUT2D eigenvalue weighted by atomic mass is 10.2. The fourth-order valence-electron chi connectivity index (χ4n) is 2.31. The number of carbonyl (C=O) groups is 1. The molecule has 3 rings (SSSR count). The van der Waals surface area contributed by atoms with Crippen molar-refractivity contribution in [1.82, 2.24) is 4.98 Å². The quantitative estimate of drug-likeness (QED) is 0.866. The van der Waals surface area contributed by atoms with Gasteiger partial charge in [-0.1, -0.05) is 18.2 Å². The molecule has 0 bridgehead atoms. The van der Waals surface area contributed by atoms with Crippen LogP contribution < -0.4 is 10.2 Å². The first-order valence-electron chi connectivity index (χ1n) is 6.52. The number of anilines is 3. The third-order valence-electron chi connectivity index (χ3n) is 3.22. The summed E-state index contributed by atoms with van der Waals surface area (Å²) in [5.74, 6) is 0.825. The van der Waals surface area contributed by atoms with Gasteiger partial charge in [0.2, 0.25) is 5.91 Å². The van der Waals surface area contributed by atoms with Crippen LogP contribution in [0.3, 0.4) is 0 Å². The van der Waals surface area contributed by atoms with Crippen LogP contribution in [0, 0.1) is 0 Å². The lowest BCUT2D eigenvalue weighted by Crippen LogP contribution is -2.26. The number of benzene rings is 1. The topological polar surface area (TPSA) is 45.2 Å². The van der Waals surface area contributed by atoms with Gasteiger partial charge in [0.05, 0.1) is 5.69 Å². The molecule has 4 nitrogen and oxygen atoms in total. The van der Waals surface area contributed by atoms with Gasteiger partial charge in [-0.25, -0.2) is 4.98 Å². The molecular formula is C15H14BrN3O. The van der Waals surface area contributed by atoms with Crippen molar-refractivity contribution in [2.75, 3.05) is 16.8 Å². The zero-order chi connectivity index (χ0) is 13.9.